The molecule has 0 radical (unpaired) electrons. The molecule has 2 aliphatic rings. The predicted molar refractivity (Wildman–Crippen MR) is 112 cm³/mol. The topological polar surface area (TPSA) is 85.3 Å². The fourth-order valence-electron chi connectivity index (χ4n) is 3.65. The molecular weight excluding hydrogens is 400 g/mol. The molecule has 2 atom stereocenters. The van der Waals surface area contributed by atoms with Gasteiger partial charge in [0, 0.05) is 17.2 Å². The average Bonchev–Trinajstić information content (AvgIpc) is 3.12. The number of ether oxygens (including phenoxy) is 2. The lowest BCUT2D eigenvalue weighted by molar-refractivity contribution is -0.121. The third-order valence-electron chi connectivity index (χ3n) is 5.25. The van der Waals surface area contributed by atoms with Crippen molar-refractivity contribution < 1.29 is 22.7 Å². The highest BCUT2D eigenvalue weighted by Crippen LogP contribution is 2.45. The van der Waals surface area contributed by atoms with Crippen LogP contribution in [0.3, 0.4) is 0 Å². The molecule has 0 bridgehead atoms. The van der Waals surface area contributed by atoms with Crippen molar-refractivity contribution >= 4 is 38.4 Å². The number of benzene rings is 1. The smallest absolute Gasteiger partial charge is 0.251 e. The summed E-state index contributed by atoms with van der Waals surface area (Å²) in [5.41, 5.74) is 0.662. The minimum atomic E-state index is -3.13. The van der Waals surface area contributed by atoms with Gasteiger partial charge >= 0.3 is 0 Å². The van der Waals surface area contributed by atoms with Gasteiger partial charge in [-0.05, 0) is 25.0 Å². The molecule has 154 valence electrons. The second-order valence-corrected chi connectivity index (χ2v) is 10.3. The summed E-state index contributed by atoms with van der Waals surface area (Å²) in [5, 5.41) is 0.377. The minimum Gasteiger partial charge on any atom is -0.497 e. The largest absolute Gasteiger partial charge is 0.497 e. The number of rotatable bonds is 6. The first-order valence-electron chi connectivity index (χ1n) is 9.34. The lowest BCUT2D eigenvalue weighted by Crippen LogP contribution is -2.38. The normalized spacial score (nSPS) is 24.6. The third-order valence-corrected chi connectivity index (χ3v) is 8.46. The fraction of sp³-hybridized carbons (Fsp3) is 0.579. The second-order valence-electron chi connectivity index (χ2n) is 6.95. The second kappa shape index (κ2) is 8.32. The van der Waals surface area contributed by atoms with Crippen LogP contribution in [0.1, 0.15) is 26.7 Å². The first kappa shape index (κ1) is 21.0. The summed E-state index contributed by atoms with van der Waals surface area (Å²) >= 11 is 1.37. The van der Waals surface area contributed by atoms with E-state index in [0.717, 1.165) is 12.8 Å². The first-order valence-corrected chi connectivity index (χ1v) is 12.0. The van der Waals surface area contributed by atoms with Crippen molar-refractivity contribution in [2.45, 2.75) is 38.0 Å². The number of anilines is 1. The summed E-state index contributed by atoms with van der Waals surface area (Å²) in [7, 11) is -0.00640. The van der Waals surface area contributed by atoms with Gasteiger partial charge in [-0.15, -0.1) is 0 Å². The summed E-state index contributed by atoms with van der Waals surface area (Å²) in [6, 6.07) is 5.06. The van der Waals surface area contributed by atoms with Gasteiger partial charge in [-0.2, -0.15) is 4.99 Å². The Morgan fingerprint density at radius 3 is 2.57 bits per heavy atom. The van der Waals surface area contributed by atoms with Gasteiger partial charge in [0.05, 0.1) is 37.5 Å². The van der Waals surface area contributed by atoms with Gasteiger partial charge in [0.2, 0.25) is 0 Å². The number of thioether (sulfide) groups is 1. The highest BCUT2D eigenvalue weighted by atomic mass is 32.2. The van der Waals surface area contributed by atoms with Gasteiger partial charge in [0.15, 0.2) is 15.0 Å². The van der Waals surface area contributed by atoms with Crippen LogP contribution in [0, 0.1) is 5.92 Å². The van der Waals surface area contributed by atoms with Gasteiger partial charge < -0.3 is 14.4 Å². The number of amidine groups is 1. The molecule has 1 aromatic rings. The molecule has 0 spiro atoms. The van der Waals surface area contributed by atoms with Crippen LogP contribution in [0.15, 0.2) is 23.2 Å². The summed E-state index contributed by atoms with van der Waals surface area (Å²) in [6.07, 6.45) is 1.45. The molecule has 2 aliphatic heterocycles. The highest BCUT2D eigenvalue weighted by molar-refractivity contribution is 8.16. The monoisotopic (exact) mass is 426 g/mol. The number of nitrogens with zero attached hydrogens (tertiary/aromatic N) is 2. The van der Waals surface area contributed by atoms with Crippen LogP contribution in [-0.4, -0.2) is 56.5 Å². The van der Waals surface area contributed by atoms with Crippen molar-refractivity contribution in [1.29, 1.82) is 0 Å². The van der Waals surface area contributed by atoms with Gasteiger partial charge in [-0.3, -0.25) is 4.79 Å². The highest BCUT2D eigenvalue weighted by Gasteiger charge is 2.50. The maximum Gasteiger partial charge on any atom is 0.251 e. The number of amides is 1. The maximum absolute atomic E-state index is 12.7. The Labute approximate surface area is 170 Å². The van der Waals surface area contributed by atoms with E-state index in [4.69, 9.17) is 9.47 Å². The third kappa shape index (κ3) is 4.00. The first-order chi connectivity index (χ1) is 13.3. The molecule has 28 heavy (non-hydrogen) atoms. The molecule has 2 heterocycles. The molecule has 3 rings (SSSR count). The molecule has 2 fully saturated rings. The molecule has 0 aliphatic carbocycles. The summed E-state index contributed by atoms with van der Waals surface area (Å²) in [5.74, 6) is 1.02. The van der Waals surface area contributed by atoms with Crippen LogP contribution in [0.25, 0.3) is 0 Å². The van der Waals surface area contributed by atoms with E-state index < -0.39 is 9.84 Å². The zero-order valence-corrected chi connectivity index (χ0v) is 18.2. The van der Waals surface area contributed by atoms with E-state index in [2.05, 4.69) is 4.99 Å². The Morgan fingerprint density at radius 1 is 1.25 bits per heavy atom. The van der Waals surface area contributed by atoms with Crippen molar-refractivity contribution in [3.05, 3.63) is 18.2 Å². The number of hydrogen-bond acceptors (Lipinski definition) is 6. The molecule has 0 unspecified atom stereocenters. The van der Waals surface area contributed by atoms with Gasteiger partial charge in [-0.25, -0.2) is 8.42 Å². The molecule has 0 saturated carbocycles. The zero-order valence-electron chi connectivity index (χ0n) is 16.5. The van der Waals surface area contributed by atoms with E-state index >= 15 is 0 Å². The Kier molecular flexibility index (Phi) is 6.24. The number of carbonyl (C=O) groups is 1. The Morgan fingerprint density at radius 2 is 1.96 bits per heavy atom. The molecule has 0 N–H and O–H groups in total. The zero-order chi connectivity index (χ0) is 20.5. The van der Waals surface area contributed by atoms with Gasteiger partial charge in [0.1, 0.15) is 11.5 Å². The van der Waals surface area contributed by atoms with Crippen LogP contribution in [0.5, 0.6) is 11.5 Å². The molecular formula is C19H26N2O5S2. The predicted octanol–water partition coefficient (Wildman–Crippen LogP) is 2.74. The van der Waals surface area contributed by atoms with Crippen molar-refractivity contribution in [3.8, 4) is 11.5 Å². The Balaban J connectivity index is 2.08. The van der Waals surface area contributed by atoms with Crippen LogP contribution in [0.2, 0.25) is 0 Å². The van der Waals surface area contributed by atoms with E-state index in [1.165, 1.54) is 11.8 Å². The number of hydrogen-bond donors (Lipinski definition) is 0. The van der Waals surface area contributed by atoms with Crippen molar-refractivity contribution in [3.63, 3.8) is 0 Å². The number of aliphatic imine (C=N–C) groups is 1. The Hall–Kier alpha value is -1.74. The van der Waals surface area contributed by atoms with Crippen molar-refractivity contribution in [2.75, 3.05) is 30.6 Å². The molecule has 2 saturated heterocycles. The number of fused-ring (bicyclic) bond motifs is 1. The fourth-order valence-corrected chi connectivity index (χ4v) is 7.57. The molecule has 1 amide bonds. The van der Waals surface area contributed by atoms with E-state index in [-0.39, 0.29) is 34.6 Å². The van der Waals surface area contributed by atoms with Crippen LogP contribution in [-0.2, 0) is 14.6 Å². The lowest BCUT2D eigenvalue weighted by atomic mass is 10.0. The molecule has 0 aromatic heterocycles. The van der Waals surface area contributed by atoms with Crippen LogP contribution in [0.4, 0.5) is 5.69 Å². The number of sulfone groups is 1. The SMILES string of the molecule is CCC(CC)C(=O)N=C1S[C@H]2CS(=O)(=O)C[C@H]2N1c1cc(OC)ccc1OC. The van der Waals surface area contributed by atoms with Gasteiger partial charge in [-0.1, -0.05) is 25.6 Å². The van der Waals surface area contributed by atoms with E-state index in [9.17, 15) is 13.2 Å². The molecule has 1 aromatic carbocycles. The lowest BCUT2D eigenvalue weighted by Gasteiger charge is -2.26. The van der Waals surface area contributed by atoms with E-state index in [0.29, 0.717) is 22.4 Å². The average molecular weight is 427 g/mol. The van der Waals surface area contributed by atoms with Crippen molar-refractivity contribution in [2.24, 2.45) is 10.9 Å². The van der Waals surface area contributed by atoms with Crippen LogP contribution >= 0.6 is 11.8 Å². The standard InChI is InChI=1S/C19H26N2O5S2/c1-5-12(6-2)18(22)20-19-21(15-10-28(23,24)11-17(15)27-19)14-9-13(25-3)7-8-16(14)26-4/h7-9,12,15,17H,5-6,10-11H2,1-4H3/t15-,17+/m1/s1. The Bertz CT molecular complexity index is 880. The van der Waals surface area contributed by atoms with Crippen LogP contribution < -0.4 is 14.4 Å². The molecule has 7 nitrogen and oxygen atoms in total. The molecule has 9 heteroatoms. The number of methoxy groups -OCH3 is 2. The summed E-state index contributed by atoms with van der Waals surface area (Å²) in [6.45, 7) is 3.94. The summed E-state index contributed by atoms with van der Waals surface area (Å²) < 4.78 is 35.3. The number of carbonyl (C=O) groups excluding carboxylic acids is 1. The maximum atomic E-state index is 12.7. The van der Waals surface area contributed by atoms with Gasteiger partial charge in [0.25, 0.3) is 5.91 Å². The van der Waals surface area contributed by atoms with E-state index in [1.54, 1.807) is 32.4 Å². The minimum absolute atomic E-state index is 0.0310. The van der Waals surface area contributed by atoms with Crippen molar-refractivity contribution in [1.82, 2.24) is 0 Å². The van der Waals surface area contributed by atoms with E-state index in [1.807, 2.05) is 18.7 Å². The summed E-state index contributed by atoms with van der Waals surface area (Å²) in [4.78, 5) is 18.9. The quantitative estimate of drug-likeness (QED) is 0.691.